The van der Waals surface area contributed by atoms with Gasteiger partial charge in [0, 0.05) is 22.6 Å². The maximum atomic E-state index is 12.3. The van der Waals surface area contributed by atoms with Crippen LogP contribution in [0.3, 0.4) is 0 Å². The van der Waals surface area contributed by atoms with Crippen molar-refractivity contribution >= 4 is 35.1 Å². The van der Waals surface area contributed by atoms with Crippen molar-refractivity contribution in [3.05, 3.63) is 54.1 Å². The van der Waals surface area contributed by atoms with Gasteiger partial charge in [0.25, 0.3) is 11.7 Å². The monoisotopic (exact) mass is 451 g/mol. The molecule has 2 aromatic rings. The number of esters is 1. The zero-order valence-electron chi connectivity index (χ0n) is 16.9. The number of thioether (sulfide) groups is 1. The minimum absolute atomic E-state index is 0.0428. The van der Waals surface area contributed by atoms with Crippen LogP contribution in [0, 0.1) is 0 Å². The fraction of sp³-hybridized carbons (Fsp3) is 0.318. The van der Waals surface area contributed by atoms with E-state index in [1.165, 1.54) is 24.3 Å². The number of hydrogen-bond acceptors (Lipinski definition) is 6. The Morgan fingerprint density at radius 2 is 1.68 bits per heavy atom. The van der Waals surface area contributed by atoms with Gasteiger partial charge >= 0.3 is 5.97 Å². The van der Waals surface area contributed by atoms with Gasteiger partial charge in [0.05, 0.1) is 13.0 Å². The zero-order valence-corrected chi connectivity index (χ0v) is 17.8. The van der Waals surface area contributed by atoms with Crippen molar-refractivity contribution < 1.29 is 32.6 Å². The first kappa shape index (κ1) is 24.3. The number of alkyl halides is 2. The number of benzene rings is 2. The Balaban J connectivity index is 1.70. The number of halogens is 2. The summed E-state index contributed by atoms with van der Waals surface area (Å²) in [6.45, 7) is 2.08. The summed E-state index contributed by atoms with van der Waals surface area (Å²) in [5.41, 5.74) is 0.851. The predicted molar refractivity (Wildman–Crippen MR) is 114 cm³/mol. The molecule has 0 unspecified atom stereocenters. The number of carbonyl (C=O) groups is 3. The van der Waals surface area contributed by atoms with Gasteiger partial charge in [-0.25, -0.2) is 0 Å². The molecule has 2 aromatic carbocycles. The average molecular weight is 451 g/mol. The van der Waals surface area contributed by atoms with Crippen LogP contribution in [-0.2, 0) is 14.3 Å². The minimum atomic E-state index is -2.52. The van der Waals surface area contributed by atoms with Crippen molar-refractivity contribution in [2.24, 2.45) is 0 Å². The fourth-order valence-electron chi connectivity index (χ4n) is 2.45. The SMILES string of the molecule is CCCOc1ccc(C(=O)CCC(=O)OCC(=O)Nc2ccc(SC(F)F)cc2)cc1. The summed E-state index contributed by atoms with van der Waals surface area (Å²) in [7, 11) is 0. The summed E-state index contributed by atoms with van der Waals surface area (Å²) in [6.07, 6.45) is 0.687. The molecule has 0 heterocycles. The van der Waals surface area contributed by atoms with Crippen LogP contribution in [0.4, 0.5) is 14.5 Å². The summed E-state index contributed by atoms with van der Waals surface area (Å²) < 4.78 is 34.9. The summed E-state index contributed by atoms with van der Waals surface area (Å²) in [5.74, 6) is -3.31. The molecular formula is C22H23F2NO5S. The van der Waals surface area contributed by atoms with Crippen molar-refractivity contribution in [2.45, 2.75) is 36.8 Å². The van der Waals surface area contributed by atoms with Crippen LogP contribution < -0.4 is 10.1 Å². The lowest BCUT2D eigenvalue weighted by Gasteiger charge is -2.08. The Kier molecular flexibility index (Phi) is 9.96. The number of ketones is 1. The van der Waals surface area contributed by atoms with E-state index in [9.17, 15) is 23.2 Å². The Bertz CT molecular complexity index is 872. The molecule has 0 radical (unpaired) electrons. The lowest BCUT2D eigenvalue weighted by atomic mass is 10.1. The first-order valence-corrected chi connectivity index (χ1v) is 10.5. The quantitative estimate of drug-likeness (QED) is 0.280. The van der Waals surface area contributed by atoms with Crippen molar-refractivity contribution in [3.63, 3.8) is 0 Å². The molecule has 0 atom stereocenters. The molecule has 1 N–H and O–H groups in total. The first-order chi connectivity index (χ1) is 14.9. The van der Waals surface area contributed by atoms with Crippen LogP contribution in [0.1, 0.15) is 36.5 Å². The van der Waals surface area contributed by atoms with Gasteiger partial charge in [0.15, 0.2) is 12.4 Å². The lowest BCUT2D eigenvalue weighted by Crippen LogP contribution is -2.21. The first-order valence-electron chi connectivity index (χ1n) is 9.63. The standard InChI is InChI=1S/C22H23F2NO5S/c1-2-13-29-17-7-3-15(4-8-17)19(26)11-12-21(28)30-14-20(27)25-16-5-9-18(10-6-16)31-22(23)24/h3-10,22H,2,11-14H2,1H3,(H,25,27). The molecule has 0 spiro atoms. The van der Waals surface area contributed by atoms with Gasteiger partial charge in [-0.2, -0.15) is 8.78 Å². The summed E-state index contributed by atoms with van der Waals surface area (Å²) in [5, 5.41) is 2.50. The molecule has 0 aromatic heterocycles. The van der Waals surface area contributed by atoms with Crippen LogP contribution >= 0.6 is 11.8 Å². The second kappa shape index (κ2) is 12.7. The van der Waals surface area contributed by atoms with E-state index in [2.05, 4.69) is 5.32 Å². The number of hydrogen-bond donors (Lipinski definition) is 1. The average Bonchev–Trinajstić information content (AvgIpc) is 2.76. The molecule has 166 valence electrons. The van der Waals surface area contributed by atoms with E-state index in [0.29, 0.717) is 40.3 Å². The number of carbonyl (C=O) groups excluding carboxylic acids is 3. The van der Waals surface area contributed by atoms with E-state index >= 15 is 0 Å². The molecule has 31 heavy (non-hydrogen) atoms. The molecule has 0 fully saturated rings. The van der Waals surface area contributed by atoms with E-state index < -0.39 is 24.2 Å². The summed E-state index contributed by atoms with van der Waals surface area (Å²) >= 11 is 0.401. The predicted octanol–water partition coefficient (Wildman–Crippen LogP) is 4.93. The molecule has 0 aliphatic carbocycles. The van der Waals surface area contributed by atoms with Crippen molar-refractivity contribution in [2.75, 3.05) is 18.5 Å². The second-order valence-electron chi connectivity index (χ2n) is 6.41. The third kappa shape index (κ3) is 9.17. The molecule has 0 aliphatic rings. The Morgan fingerprint density at radius 1 is 1.00 bits per heavy atom. The van der Waals surface area contributed by atoms with E-state index in [-0.39, 0.29) is 18.6 Å². The van der Waals surface area contributed by atoms with Gasteiger partial charge in [0.2, 0.25) is 0 Å². The Labute approximate surface area is 183 Å². The molecular weight excluding hydrogens is 428 g/mol. The highest BCUT2D eigenvalue weighted by Crippen LogP contribution is 2.26. The number of nitrogens with one attached hydrogen (secondary N) is 1. The van der Waals surface area contributed by atoms with Crippen LogP contribution in [-0.4, -0.2) is 36.6 Å². The molecule has 2 rings (SSSR count). The van der Waals surface area contributed by atoms with Crippen molar-refractivity contribution in [1.82, 2.24) is 0 Å². The minimum Gasteiger partial charge on any atom is -0.494 e. The van der Waals surface area contributed by atoms with Crippen molar-refractivity contribution in [3.8, 4) is 5.75 Å². The topological polar surface area (TPSA) is 81.7 Å². The van der Waals surface area contributed by atoms with Crippen molar-refractivity contribution in [1.29, 1.82) is 0 Å². The molecule has 0 saturated carbocycles. The normalized spacial score (nSPS) is 10.6. The number of Topliss-reactive ketones (excluding diaryl/α,β-unsaturated/α-hetero) is 1. The summed E-state index contributed by atoms with van der Waals surface area (Å²) in [4.78, 5) is 36.2. The third-order valence-electron chi connectivity index (χ3n) is 3.93. The molecule has 0 aliphatic heterocycles. The molecule has 0 bridgehead atoms. The van der Waals surface area contributed by atoms with E-state index in [1.807, 2.05) is 6.92 Å². The van der Waals surface area contributed by atoms with Gasteiger partial charge in [-0.05, 0) is 55.0 Å². The maximum Gasteiger partial charge on any atom is 0.306 e. The van der Waals surface area contributed by atoms with Gasteiger partial charge in [-0.3, -0.25) is 14.4 Å². The number of amides is 1. The highest BCUT2D eigenvalue weighted by atomic mass is 32.2. The van der Waals surface area contributed by atoms with Gasteiger partial charge in [-0.15, -0.1) is 0 Å². The van der Waals surface area contributed by atoms with Gasteiger partial charge in [0.1, 0.15) is 5.75 Å². The molecule has 6 nitrogen and oxygen atoms in total. The number of ether oxygens (including phenoxy) is 2. The highest BCUT2D eigenvalue weighted by Gasteiger charge is 2.13. The Morgan fingerprint density at radius 3 is 2.29 bits per heavy atom. The smallest absolute Gasteiger partial charge is 0.306 e. The van der Waals surface area contributed by atoms with Gasteiger partial charge < -0.3 is 14.8 Å². The highest BCUT2D eigenvalue weighted by molar-refractivity contribution is 7.99. The second-order valence-corrected chi connectivity index (χ2v) is 7.47. The van der Waals surface area contributed by atoms with E-state index in [0.717, 1.165) is 6.42 Å². The number of rotatable bonds is 12. The fourth-order valence-corrected chi connectivity index (χ4v) is 2.95. The van der Waals surface area contributed by atoms with Gasteiger partial charge in [-0.1, -0.05) is 18.7 Å². The van der Waals surface area contributed by atoms with Crippen LogP contribution in [0.5, 0.6) is 5.75 Å². The molecule has 9 heteroatoms. The molecule has 1 amide bonds. The van der Waals surface area contributed by atoms with E-state index in [4.69, 9.17) is 9.47 Å². The molecule has 0 saturated heterocycles. The van der Waals surface area contributed by atoms with Crippen LogP contribution in [0.25, 0.3) is 0 Å². The number of anilines is 1. The Hall–Kier alpha value is -2.94. The lowest BCUT2D eigenvalue weighted by molar-refractivity contribution is -0.147. The van der Waals surface area contributed by atoms with Crippen LogP contribution in [0.2, 0.25) is 0 Å². The summed E-state index contributed by atoms with van der Waals surface area (Å²) in [6, 6.07) is 12.5. The van der Waals surface area contributed by atoms with E-state index in [1.54, 1.807) is 24.3 Å². The zero-order chi connectivity index (χ0) is 22.6. The van der Waals surface area contributed by atoms with Crippen LogP contribution in [0.15, 0.2) is 53.4 Å². The third-order valence-corrected chi connectivity index (χ3v) is 4.66. The largest absolute Gasteiger partial charge is 0.494 e. The maximum absolute atomic E-state index is 12.3.